The molecule has 0 heterocycles. The first-order chi connectivity index (χ1) is 16.5. The molecule has 0 radical (unpaired) electrons. The minimum atomic E-state index is 1.13. The number of rotatable bonds is 13. The summed E-state index contributed by atoms with van der Waals surface area (Å²) in [5.74, 6) is 0. The Bertz CT molecular complexity index is 797. The number of aryl methyl sites for hydroxylation is 2. The summed E-state index contributed by atoms with van der Waals surface area (Å²) in [6, 6.07) is 16.1. The van der Waals surface area contributed by atoms with Crippen molar-refractivity contribution in [3.05, 3.63) is 65.7 Å². The molecule has 0 bridgehead atoms. The normalized spacial score (nSPS) is 9.88. The van der Waals surface area contributed by atoms with E-state index in [2.05, 4.69) is 108 Å². The van der Waals surface area contributed by atoms with Gasteiger partial charge in [0.25, 0.3) is 0 Å². The molecule has 0 spiro atoms. The van der Waals surface area contributed by atoms with Gasteiger partial charge in [-0.05, 0) is 80.3 Å². The number of unbranched alkanes of at least 4 members (excludes halogenated alkanes) is 3. The topological polar surface area (TPSA) is 3.24 Å². The molecule has 0 atom stereocenters. The smallest absolute Gasteiger partial charge is 0.0366 e. The minimum absolute atomic E-state index is 1.13. The molecule has 2 aromatic rings. The van der Waals surface area contributed by atoms with E-state index in [1.54, 1.807) is 0 Å². The molecule has 0 fully saturated rings. The van der Waals surface area contributed by atoms with E-state index in [1.807, 2.05) is 0 Å². The largest absolute Gasteiger partial charge is 0.372 e. The third-order valence-corrected chi connectivity index (χ3v) is 5.70. The molecular weight excluding hydrogens is 410 g/mol. The number of nitrogens with zero attached hydrogens (tertiary/aromatic N) is 1. The molecular formula is C33H51N. The van der Waals surface area contributed by atoms with Crippen molar-refractivity contribution in [1.29, 1.82) is 0 Å². The first-order valence-corrected chi connectivity index (χ1v) is 13.4. The van der Waals surface area contributed by atoms with E-state index >= 15 is 0 Å². The molecule has 1 nitrogen and oxygen atoms in total. The Morgan fingerprint density at radius 2 is 1.38 bits per heavy atom. The lowest BCUT2D eigenvalue weighted by molar-refractivity contribution is 0.620. The SMILES string of the molecule is C#C.C=C(C)CCCCCCN(CCC)c1ccc(-c2ccc(CCC)c(C)c2)cc1.CCC. The Morgan fingerprint density at radius 3 is 1.91 bits per heavy atom. The molecule has 34 heavy (non-hydrogen) atoms. The van der Waals surface area contributed by atoms with Gasteiger partial charge in [0.15, 0.2) is 0 Å². The van der Waals surface area contributed by atoms with Gasteiger partial charge in [-0.15, -0.1) is 19.4 Å². The maximum absolute atomic E-state index is 4.00. The summed E-state index contributed by atoms with van der Waals surface area (Å²) in [5.41, 5.74) is 8.20. The van der Waals surface area contributed by atoms with Crippen LogP contribution in [0.25, 0.3) is 11.1 Å². The van der Waals surface area contributed by atoms with Gasteiger partial charge < -0.3 is 4.90 Å². The second kappa shape index (κ2) is 20.0. The lowest BCUT2D eigenvalue weighted by Gasteiger charge is -2.24. The van der Waals surface area contributed by atoms with E-state index in [4.69, 9.17) is 0 Å². The van der Waals surface area contributed by atoms with Crippen molar-refractivity contribution in [2.75, 3.05) is 18.0 Å². The van der Waals surface area contributed by atoms with Gasteiger partial charge in [-0.25, -0.2) is 0 Å². The van der Waals surface area contributed by atoms with Crippen LogP contribution < -0.4 is 4.90 Å². The fraction of sp³-hybridized carbons (Fsp3) is 0.515. The quantitative estimate of drug-likeness (QED) is 0.163. The van der Waals surface area contributed by atoms with Gasteiger partial charge in [0.05, 0.1) is 0 Å². The van der Waals surface area contributed by atoms with Crippen LogP contribution in [0.5, 0.6) is 0 Å². The van der Waals surface area contributed by atoms with Gasteiger partial charge in [-0.2, -0.15) is 0 Å². The van der Waals surface area contributed by atoms with Crippen LogP contribution in [-0.4, -0.2) is 13.1 Å². The number of hydrogen-bond acceptors (Lipinski definition) is 1. The van der Waals surface area contributed by atoms with Crippen molar-refractivity contribution < 1.29 is 0 Å². The molecule has 0 unspecified atom stereocenters. The zero-order valence-electron chi connectivity index (χ0n) is 23.1. The second-order valence-electron chi connectivity index (χ2n) is 9.25. The fourth-order valence-electron chi connectivity index (χ4n) is 4.01. The third-order valence-electron chi connectivity index (χ3n) is 5.70. The third kappa shape index (κ3) is 12.7. The lowest BCUT2D eigenvalue weighted by Crippen LogP contribution is -2.25. The summed E-state index contributed by atoms with van der Waals surface area (Å²) in [6.07, 6.45) is 19.2. The number of terminal acetylenes is 1. The van der Waals surface area contributed by atoms with Crippen LogP contribution in [0.4, 0.5) is 5.69 Å². The Balaban J connectivity index is 0.00000201. The van der Waals surface area contributed by atoms with E-state index in [0.717, 1.165) is 13.1 Å². The maximum atomic E-state index is 4.00. The van der Waals surface area contributed by atoms with Crippen molar-refractivity contribution >= 4 is 5.69 Å². The molecule has 0 aliphatic heterocycles. The van der Waals surface area contributed by atoms with Crippen LogP contribution in [0.3, 0.4) is 0 Å². The zero-order valence-corrected chi connectivity index (χ0v) is 23.1. The molecule has 0 N–H and O–H groups in total. The average molecular weight is 462 g/mol. The number of allylic oxidation sites excluding steroid dienone is 1. The van der Waals surface area contributed by atoms with Crippen LogP contribution >= 0.6 is 0 Å². The van der Waals surface area contributed by atoms with E-state index in [1.165, 1.54) is 91.3 Å². The van der Waals surface area contributed by atoms with Crippen LogP contribution in [-0.2, 0) is 6.42 Å². The van der Waals surface area contributed by atoms with E-state index in [9.17, 15) is 0 Å². The molecule has 0 aliphatic rings. The van der Waals surface area contributed by atoms with Gasteiger partial charge >= 0.3 is 0 Å². The number of anilines is 1. The molecule has 0 aromatic heterocycles. The van der Waals surface area contributed by atoms with Crippen molar-refractivity contribution in [2.45, 2.75) is 99.3 Å². The summed E-state index contributed by atoms with van der Waals surface area (Å²) in [4.78, 5) is 2.55. The van der Waals surface area contributed by atoms with Gasteiger partial charge in [0.2, 0.25) is 0 Å². The van der Waals surface area contributed by atoms with Crippen molar-refractivity contribution in [2.24, 2.45) is 0 Å². The number of benzene rings is 2. The molecule has 2 aromatic carbocycles. The van der Waals surface area contributed by atoms with E-state index < -0.39 is 0 Å². The highest BCUT2D eigenvalue weighted by Gasteiger charge is 2.07. The van der Waals surface area contributed by atoms with E-state index in [0.29, 0.717) is 0 Å². The highest BCUT2D eigenvalue weighted by molar-refractivity contribution is 5.67. The van der Waals surface area contributed by atoms with Gasteiger partial charge in [-0.3, -0.25) is 0 Å². The Labute approximate surface area is 212 Å². The molecule has 0 saturated heterocycles. The molecule has 188 valence electrons. The first kappa shape index (κ1) is 31.5. The maximum Gasteiger partial charge on any atom is 0.0366 e. The average Bonchev–Trinajstić information content (AvgIpc) is 2.84. The predicted octanol–water partition coefficient (Wildman–Crippen LogP) is 10.0. The van der Waals surface area contributed by atoms with Crippen molar-refractivity contribution in [3.8, 4) is 24.0 Å². The Hall–Kier alpha value is -2.46. The zero-order chi connectivity index (χ0) is 25.8. The predicted molar refractivity (Wildman–Crippen MR) is 157 cm³/mol. The fourth-order valence-corrected chi connectivity index (χ4v) is 4.01. The van der Waals surface area contributed by atoms with Gasteiger partial charge in [-0.1, -0.05) is 89.3 Å². The van der Waals surface area contributed by atoms with Gasteiger partial charge in [0, 0.05) is 18.8 Å². The highest BCUT2D eigenvalue weighted by atomic mass is 15.1. The standard InChI is InChI=1S/C28H41N.C3H8.C2H2/c1-6-12-25-14-15-27(22-24(25)5)26-16-18-28(19-17-26)29(20-7-2)21-11-9-8-10-13-23(3)4;1-3-2;1-2/h14-19,22H,3,6-13,20-21H2,1-2,4-5H3;3H2,1-2H3;1-2H. The summed E-state index contributed by atoms with van der Waals surface area (Å²) >= 11 is 0. The van der Waals surface area contributed by atoms with Gasteiger partial charge in [0.1, 0.15) is 0 Å². The van der Waals surface area contributed by atoms with Crippen molar-refractivity contribution in [3.63, 3.8) is 0 Å². The van der Waals surface area contributed by atoms with E-state index in [-0.39, 0.29) is 0 Å². The minimum Gasteiger partial charge on any atom is -0.372 e. The van der Waals surface area contributed by atoms with Crippen molar-refractivity contribution in [1.82, 2.24) is 0 Å². The number of hydrogen-bond donors (Lipinski definition) is 0. The second-order valence-corrected chi connectivity index (χ2v) is 9.25. The molecule has 0 amide bonds. The Morgan fingerprint density at radius 1 is 0.794 bits per heavy atom. The molecule has 2 rings (SSSR count). The molecule has 0 saturated carbocycles. The summed E-state index contributed by atoms with van der Waals surface area (Å²) in [7, 11) is 0. The monoisotopic (exact) mass is 461 g/mol. The summed E-state index contributed by atoms with van der Waals surface area (Å²) in [5, 5.41) is 0. The molecule has 1 heteroatoms. The first-order valence-electron chi connectivity index (χ1n) is 13.4. The van der Waals surface area contributed by atoms with Crippen LogP contribution in [0, 0.1) is 19.8 Å². The summed E-state index contributed by atoms with van der Waals surface area (Å²) < 4.78 is 0. The van der Waals surface area contributed by atoms with Crippen LogP contribution in [0.2, 0.25) is 0 Å². The van der Waals surface area contributed by atoms with Crippen LogP contribution in [0.15, 0.2) is 54.6 Å². The summed E-state index contributed by atoms with van der Waals surface area (Å²) in [6.45, 7) is 19.4. The van der Waals surface area contributed by atoms with Crippen LogP contribution in [0.1, 0.15) is 97.1 Å². The lowest BCUT2D eigenvalue weighted by atomic mass is 9.97. The molecule has 0 aliphatic carbocycles. The highest BCUT2D eigenvalue weighted by Crippen LogP contribution is 2.26. The Kier molecular flexibility index (Phi) is 18.5.